The number of unbranched alkanes of at least 4 members (excludes halogenated alkanes) is 1. The molecule has 1 aromatic rings. The van der Waals surface area contributed by atoms with E-state index in [0.29, 0.717) is 12.2 Å². The van der Waals surface area contributed by atoms with Gasteiger partial charge in [-0.3, -0.25) is 4.36 Å². The number of benzene rings is 1. The largest absolute Gasteiger partial charge is 0.444 e. The van der Waals surface area contributed by atoms with Crippen molar-refractivity contribution in [1.29, 1.82) is 0 Å². The molecule has 0 heterocycles. The van der Waals surface area contributed by atoms with Crippen LogP contribution in [0.25, 0.3) is 0 Å². The second-order valence-electron chi connectivity index (χ2n) is 3.98. The highest BCUT2D eigenvalue weighted by Gasteiger charge is 2.08. The number of ether oxygens (including phenoxy) is 1. The topological polar surface area (TPSA) is 55.7 Å². The first-order chi connectivity index (χ1) is 9.13. The van der Waals surface area contributed by atoms with Gasteiger partial charge in [-0.2, -0.15) is 10.6 Å². The molecule has 1 unspecified atom stereocenters. The van der Waals surface area contributed by atoms with Crippen molar-refractivity contribution in [2.45, 2.75) is 25.9 Å². The van der Waals surface area contributed by atoms with Crippen molar-refractivity contribution in [1.82, 2.24) is 0 Å². The van der Waals surface area contributed by atoms with Crippen molar-refractivity contribution < 1.29 is 13.7 Å². The van der Waals surface area contributed by atoms with Crippen LogP contribution in [0.1, 0.15) is 31.4 Å². The van der Waals surface area contributed by atoms with E-state index in [4.69, 9.17) is 4.74 Å². The van der Waals surface area contributed by atoms with E-state index in [1.54, 1.807) is 13.0 Å². The highest BCUT2D eigenvalue weighted by Crippen LogP contribution is 2.16. The van der Waals surface area contributed by atoms with Gasteiger partial charge in [0, 0.05) is 0 Å². The molecule has 104 valence electrons. The summed E-state index contributed by atoms with van der Waals surface area (Å²) in [6, 6.07) is 9.34. The molecule has 0 spiro atoms. The summed E-state index contributed by atoms with van der Waals surface area (Å²) in [5.74, 6) is 0.348. The fourth-order valence-corrected chi connectivity index (χ4v) is 2.16. The summed E-state index contributed by atoms with van der Waals surface area (Å²) in [7, 11) is -1.52. The maximum atomic E-state index is 11.5. The van der Waals surface area contributed by atoms with Crippen LogP contribution in [0.3, 0.4) is 0 Å². The molecule has 1 amide bonds. The zero-order chi connectivity index (χ0) is 14.1. The number of carbonyl (C=O) groups excluding carboxylic acids is 1. The molecule has 0 aliphatic rings. The van der Waals surface area contributed by atoms with E-state index in [2.05, 4.69) is 10.9 Å². The number of amides is 1. The van der Waals surface area contributed by atoms with E-state index in [0.717, 1.165) is 12.0 Å². The standard InChI is InChI=1S/C14H18NO3S/c1-3-4-8-11-19(17)15-14(16)18-12(2)13-9-6-5-7-10-13/h3,5-7,9-10,12H,1,4,8,11H2,2H3/q-1. The Morgan fingerprint density at radius 3 is 2.79 bits per heavy atom. The lowest BCUT2D eigenvalue weighted by Crippen LogP contribution is -2.05. The summed E-state index contributed by atoms with van der Waals surface area (Å²) < 4.78 is 20.0. The lowest BCUT2D eigenvalue weighted by atomic mass is 10.1. The fourth-order valence-electron chi connectivity index (χ4n) is 1.44. The van der Waals surface area contributed by atoms with Crippen LogP contribution in [-0.2, 0) is 19.5 Å². The van der Waals surface area contributed by atoms with Crippen LogP contribution in [0.15, 0.2) is 47.3 Å². The summed E-state index contributed by atoms with van der Waals surface area (Å²) in [4.78, 5) is 11.5. The minimum atomic E-state index is -1.52. The molecule has 1 rings (SSSR count). The van der Waals surface area contributed by atoms with Crippen LogP contribution in [0.2, 0.25) is 0 Å². The van der Waals surface area contributed by atoms with Crippen molar-refractivity contribution in [2.24, 2.45) is 4.36 Å². The molecule has 0 aliphatic heterocycles. The third-order valence-corrected chi connectivity index (χ3v) is 3.44. The summed E-state index contributed by atoms with van der Waals surface area (Å²) in [6.07, 6.45) is 2.01. The van der Waals surface area contributed by atoms with Crippen molar-refractivity contribution in [3.63, 3.8) is 0 Å². The predicted octanol–water partition coefficient (Wildman–Crippen LogP) is 4.00. The third kappa shape index (κ3) is 6.20. The van der Waals surface area contributed by atoms with Gasteiger partial charge in [-0.25, -0.2) is 4.79 Å². The summed E-state index contributed by atoms with van der Waals surface area (Å²) >= 11 is 0. The SMILES string of the molecule is C=CCCC[S-](=O)=NC(=O)OC(C)c1ccccc1. The Morgan fingerprint density at radius 2 is 2.16 bits per heavy atom. The quantitative estimate of drug-likeness (QED) is 0.449. The van der Waals surface area contributed by atoms with Gasteiger partial charge in [0.2, 0.25) is 0 Å². The normalized spacial score (nSPS) is 13.7. The average molecular weight is 280 g/mol. The predicted molar refractivity (Wildman–Crippen MR) is 76.1 cm³/mol. The van der Waals surface area contributed by atoms with Crippen molar-refractivity contribution in [3.05, 3.63) is 48.6 Å². The van der Waals surface area contributed by atoms with Crippen LogP contribution in [0, 0.1) is 0 Å². The van der Waals surface area contributed by atoms with Gasteiger partial charge in [0.25, 0.3) is 0 Å². The van der Waals surface area contributed by atoms with E-state index >= 15 is 0 Å². The van der Waals surface area contributed by atoms with Gasteiger partial charge in [0.15, 0.2) is 0 Å². The Balaban J connectivity index is 2.48. The zero-order valence-corrected chi connectivity index (χ0v) is 11.8. The van der Waals surface area contributed by atoms with Gasteiger partial charge >= 0.3 is 6.09 Å². The minimum Gasteiger partial charge on any atom is -0.444 e. The molecule has 0 radical (unpaired) electrons. The van der Waals surface area contributed by atoms with E-state index in [1.165, 1.54) is 0 Å². The Labute approximate surface area is 115 Å². The number of nitrogens with zero attached hydrogens (tertiary/aromatic N) is 1. The van der Waals surface area contributed by atoms with Gasteiger partial charge < -0.3 is 8.95 Å². The van der Waals surface area contributed by atoms with Crippen molar-refractivity contribution in [3.8, 4) is 0 Å². The van der Waals surface area contributed by atoms with Gasteiger partial charge in [0.1, 0.15) is 6.10 Å². The van der Waals surface area contributed by atoms with Gasteiger partial charge in [-0.15, -0.1) is 6.58 Å². The highest BCUT2D eigenvalue weighted by atomic mass is 32.2. The molecule has 5 heteroatoms. The smallest absolute Gasteiger partial charge is 0.410 e. The van der Waals surface area contributed by atoms with Gasteiger partial charge in [-0.1, -0.05) is 48.6 Å². The molecular formula is C14H18NO3S-. The molecule has 0 aromatic heterocycles. The number of carbonyl (C=O) groups is 1. The van der Waals surface area contributed by atoms with Gasteiger partial charge in [-0.05, 0) is 18.9 Å². The van der Waals surface area contributed by atoms with Crippen molar-refractivity contribution in [2.75, 3.05) is 5.75 Å². The van der Waals surface area contributed by atoms with E-state index in [1.807, 2.05) is 30.3 Å². The van der Waals surface area contributed by atoms with Crippen LogP contribution in [0.5, 0.6) is 0 Å². The maximum Gasteiger partial charge on any atom is 0.410 e. The van der Waals surface area contributed by atoms with E-state index in [-0.39, 0.29) is 0 Å². The van der Waals surface area contributed by atoms with Crippen LogP contribution >= 0.6 is 0 Å². The van der Waals surface area contributed by atoms with E-state index in [9.17, 15) is 9.00 Å². The maximum absolute atomic E-state index is 11.5. The molecule has 0 aliphatic carbocycles. The molecule has 0 bridgehead atoms. The van der Waals surface area contributed by atoms with Crippen LogP contribution in [0.4, 0.5) is 4.79 Å². The monoisotopic (exact) mass is 280 g/mol. The van der Waals surface area contributed by atoms with E-state index < -0.39 is 22.8 Å². The number of hydrogen-bond acceptors (Lipinski definition) is 4. The Bertz CT molecular complexity index is 493. The Hall–Kier alpha value is -1.62. The van der Waals surface area contributed by atoms with Crippen LogP contribution < -0.4 is 0 Å². The average Bonchev–Trinajstić information content (AvgIpc) is 2.39. The molecular weight excluding hydrogens is 262 g/mol. The highest BCUT2D eigenvalue weighted by molar-refractivity contribution is 7.75. The summed E-state index contributed by atoms with van der Waals surface area (Å²) in [6.45, 7) is 5.32. The first kappa shape index (κ1) is 15.4. The third-order valence-electron chi connectivity index (χ3n) is 2.45. The summed E-state index contributed by atoms with van der Waals surface area (Å²) in [5.41, 5.74) is 0.878. The molecule has 4 nitrogen and oxygen atoms in total. The minimum absolute atomic E-state index is 0.348. The molecule has 0 fully saturated rings. The molecule has 19 heavy (non-hydrogen) atoms. The second-order valence-corrected chi connectivity index (χ2v) is 5.22. The first-order valence-corrected chi connectivity index (χ1v) is 7.37. The van der Waals surface area contributed by atoms with Crippen LogP contribution in [-0.4, -0.2) is 11.8 Å². The first-order valence-electron chi connectivity index (χ1n) is 6.10. The molecule has 0 N–H and O–H groups in total. The Morgan fingerprint density at radius 1 is 1.47 bits per heavy atom. The number of hydrogen-bond donors (Lipinski definition) is 0. The molecule has 0 saturated heterocycles. The Kier molecular flexibility index (Phi) is 6.89. The summed E-state index contributed by atoms with van der Waals surface area (Å²) in [5, 5.41) is 0. The van der Waals surface area contributed by atoms with Gasteiger partial charge in [0.05, 0.1) is 0 Å². The molecule has 0 saturated carbocycles. The zero-order valence-electron chi connectivity index (χ0n) is 11.0. The lowest BCUT2D eigenvalue weighted by molar-refractivity contribution is 0.117. The molecule has 1 aromatic carbocycles. The number of allylic oxidation sites excluding steroid dienone is 1. The number of rotatable bonds is 6. The lowest BCUT2D eigenvalue weighted by Gasteiger charge is -2.12. The van der Waals surface area contributed by atoms with Crippen molar-refractivity contribution >= 4 is 16.7 Å². The second kappa shape index (κ2) is 8.48. The fraction of sp³-hybridized carbons (Fsp3) is 0.357. The molecule has 1 atom stereocenters.